The van der Waals surface area contributed by atoms with E-state index in [0.29, 0.717) is 5.69 Å². The van der Waals surface area contributed by atoms with Gasteiger partial charge in [0.1, 0.15) is 0 Å². The normalized spacial score (nSPS) is 19.2. The second-order valence-electron chi connectivity index (χ2n) is 5.82. The zero-order valence-electron chi connectivity index (χ0n) is 11.4. The molecule has 0 radical (unpaired) electrons. The Hall–Kier alpha value is -1.40. The van der Waals surface area contributed by atoms with E-state index in [0.717, 1.165) is 5.56 Å². The molecule has 19 heavy (non-hydrogen) atoms. The first-order chi connectivity index (χ1) is 8.60. The van der Waals surface area contributed by atoms with E-state index in [-0.39, 0.29) is 16.7 Å². The molecule has 0 saturated heterocycles. The minimum atomic E-state index is -3.57. The lowest BCUT2D eigenvalue weighted by molar-refractivity contribution is -0.116. The summed E-state index contributed by atoms with van der Waals surface area (Å²) < 4.78 is 27.0. The molecule has 6 heteroatoms. The average Bonchev–Trinajstić information content (AvgIpc) is 2.51. The summed E-state index contributed by atoms with van der Waals surface area (Å²) in [5.41, 5.74) is 0.867. The Bertz CT molecular complexity index is 630. The van der Waals surface area contributed by atoms with Crippen LogP contribution in [0.15, 0.2) is 23.1 Å². The van der Waals surface area contributed by atoms with Gasteiger partial charge in [0.05, 0.1) is 10.8 Å². The number of hydrogen-bond acceptors (Lipinski definition) is 3. The van der Waals surface area contributed by atoms with Gasteiger partial charge >= 0.3 is 0 Å². The highest BCUT2D eigenvalue weighted by Crippen LogP contribution is 2.33. The maximum atomic E-state index is 12.2. The first kappa shape index (κ1) is 14.0. The summed E-state index contributed by atoms with van der Waals surface area (Å²) in [6.45, 7) is 7.11. The highest BCUT2D eigenvalue weighted by molar-refractivity contribution is 7.89. The number of fused-ring (bicyclic) bond motifs is 1. The van der Waals surface area contributed by atoms with Gasteiger partial charge in [0.15, 0.2) is 0 Å². The molecule has 2 rings (SSSR count). The molecule has 1 amide bonds. The second kappa shape index (κ2) is 4.31. The van der Waals surface area contributed by atoms with E-state index in [9.17, 15) is 13.2 Å². The van der Waals surface area contributed by atoms with Crippen molar-refractivity contribution in [1.82, 2.24) is 4.72 Å². The van der Waals surface area contributed by atoms with E-state index >= 15 is 0 Å². The SMILES string of the molecule is C[C@H]1C(=O)Nc2ccc(S(=O)(=O)NC(C)(C)C)cc21. The van der Waals surface area contributed by atoms with Crippen molar-refractivity contribution in [2.45, 2.75) is 44.0 Å². The van der Waals surface area contributed by atoms with Crippen molar-refractivity contribution in [2.75, 3.05) is 5.32 Å². The van der Waals surface area contributed by atoms with Crippen LogP contribution in [0.4, 0.5) is 5.69 Å². The van der Waals surface area contributed by atoms with Crippen LogP contribution in [0.25, 0.3) is 0 Å². The fraction of sp³-hybridized carbons (Fsp3) is 0.462. The summed E-state index contributed by atoms with van der Waals surface area (Å²) in [6.07, 6.45) is 0. The Morgan fingerprint density at radius 1 is 1.26 bits per heavy atom. The number of nitrogens with one attached hydrogen (secondary N) is 2. The summed E-state index contributed by atoms with van der Waals surface area (Å²) in [5.74, 6) is -0.423. The lowest BCUT2D eigenvalue weighted by atomic mass is 10.0. The fourth-order valence-electron chi connectivity index (χ4n) is 2.02. The maximum absolute atomic E-state index is 12.2. The van der Waals surface area contributed by atoms with Gasteiger partial charge in [0, 0.05) is 11.2 Å². The van der Waals surface area contributed by atoms with Gasteiger partial charge in [-0.2, -0.15) is 0 Å². The van der Waals surface area contributed by atoms with Gasteiger partial charge in [0.25, 0.3) is 0 Å². The van der Waals surface area contributed by atoms with Gasteiger partial charge in [-0.1, -0.05) is 0 Å². The number of anilines is 1. The van der Waals surface area contributed by atoms with Crippen molar-refractivity contribution < 1.29 is 13.2 Å². The van der Waals surface area contributed by atoms with Crippen LogP contribution in [-0.2, 0) is 14.8 Å². The van der Waals surface area contributed by atoms with Gasteiger partial charge in [-0.15, -0.1) is 0 Å². The largest absolute Gasteiger partial charge is 0.325 e. The van der Waals surface area contributed by atoms with Crippen LogP contribution in [0.1, 0.15) is 39.2 Å². The van der Waals surface area contributed by atoms with Gasteiger partial charge in [-0.3, -0.25) is 4.79 Å². The maximum Gasteiger partial charge on any atom is 0.241 e. The molecule has 0 spiro atoms. The second-order valence-corrected chi connectivity index (χ2v) is 7.50. The summed E-state index contributed by atoms with van der Waals surface area (Å²) >= 11 is 0. The van der Waals surface area contributed by atoms with E-state index in [1.54, 1.807) is 39.8 Å². The van der Waals surface area contributed by atoms with Gasteiger partial charge in [-0.25, -0.2) is 13.1 Å². The fourth-order valence-corrected chi connectivity index (χ4v) is 3.48. The summed E-state index contributed by atoms with van der Waals surface area (Å²) in [5, 5.41) is 2.72. The zero-order chi connectivity index (χ0) is 14.4. The van der Waals surface area contributed by atoms with E-state index in [1.807, 2.05) is 0 Å². The first-order valence-corrected chi connectivity index (χ1v) is 7.57. The molecule has 1 aliphatic rings. The van der Waals surface area contributed by atoms with Crippen LogP contribution >= 0.6 is 0 Å². The Morgan fingerprint density at radius 2 is 1.89 bits per heavy atom. The highest BCUT2D eigenvalue weighted by atomic mass is 32.2. The molecule has 0 aliphatic carbocycles. The number of rotatable bonds is 2. The number of carbonyl (C=O) groups excluding carboxylic acids is 1. The minimum Gasteiger partial charge on any atom is -0.325 e. The Kier molecular flexibility index (Phi) is 3.18. The molecular formula is C13H18N2O3S. The molecule has 1 atom stereocenters. The smallest absolute Gasteiger partial charge is 0.241 e. The topological polar surface area (TPSA) is 75.3 Å². The van der Waals surface area contributed by atoms with Gasteiger partial charge in [-0.05, 0) is 51.5 Å². The van der Waals surface area contributed by atoms with Gasteiger partial charge in [0.2, 0.25) is 15.9 Å². The number of carbonyl (C=O) groups is 1. The molecule has 0 unspecified atom stereocenters. The molecular weight excluding hydrogens is 264 g/mol. The quantitative estimate of drug-likeness (QED) is 0.868. The van der Waals surface area contributed by atoms with Crippen LogP contribution in [0.5, 0.6) is 0 Å². The summed E-state index contributed by atoms with van der Waals surface area (Å²) in [4.78, 5) is 11.7. The van der Waals surface area contributed by atoms with E-state index < -0.39 is 15.6 Å². The van der Waals surface area contributed by atoms with Crippen LogP contribution in [0.2, 0.25) is 0 Å². The van der Waals surface area contributed by atoms with Crippen molar-refractivity contribution in [3.05, 3.63) is 23.8 Å². The Balaban J connectivity index is 2.42. The summed E-state index contributed by atoms with van der Waals surface area (Å²) in [7, 11) is -3.57. The molecule has 0 aromatic heterocycles. The molecule has 0 fully saturated rings. The first-order valence-electron chi connectivity index (χ1n) is 6.09. The Morgan fingerprint density at radius 3 is 2.47 bits per heavy atom. The minimum absolute atomic E-state index is 0.103. The summed E-state index contributed by atoms with van der Waals surface area (Å²) in [6, 6.07) is 4.70. The number of hydrogen-bond donors (Lipinski definition) is 2. The predicted octanol–water partition coefficient (Wildman–Crippen LogP) is 1.82. The molecule has 5 nitrogen and oxygen atoms in total. The van der Waals surface area contributed by atoms with Gasteiger partial charge < -0.3 is 5.32 Å². The molecule has 0 saturated carbocycles. The van der Waals surface area contributed by atoms with E-state index in [4.69, 9.17) is 0 Å². The monoisotopic (exact) mass is 282 g/mol. The zero-order valence-corrected chi connectivity index (χ0v) is 12.3. The third-order valence-corrected chi connectivity index (χ3v) is 4.65. The standard InChI is InChI=1S/C13H18N2O3S/c1-8-10-7-9(5-6-11(10)14-12(8)16)19(17,18)15-13(2,3)4/h5-8,15H,1-4H3,(H,14,16)/t8-/m1/s1. The van der Waals surface area contributed by atoms with Crippen molar-refractivity contribution >= 4 is 21.6 Å². The van der Waals surface area contributed by atoms with E-state index in [1.165, 1.54) is 6.07 Å². The van der Waals surface area contributed by atoms with Crippen LogP contribution in [0.3, 0.4) is 0 Å². The van der Waals surface area contributed by atoms with Crippen LogP contribution < -0.4 is 10.0 Å². The van der Waals surface area contributed by atoms with Crippen molar-refractivity contribution in [2.24, 2.45) is 0 Å². The third-order valence-electron chi connectivity index (χ3n) is 2.89. The highest BCUT2D eigenvalue weighted by Gasteiger charge is 2.29. The molecule has 1 aromatic rings. The average molecular weight is 282 g/mol. The lowest BCUT2D eigenvalue weighted by Gasteiger charge is -2.20. The predicted molar refractivity (Wildman–Crippen MR) is 73.6 cm³/mol. The molecule has 2 N–H and O–H groups in total. The number of sulfonamides is 1. The van der Waals surface area contributed by atoms with Crippen molar-refractivity contribution in [3.8, 4) is 0 Å². The van der Waals surface area contributed by atoms with Crippen molar-refractivity contribution in [1.29, 1.82) is 0 Å². The number of amides is 1. The molecule has 104 valence electrons. The lowest BCUT2D eigenvalue weighted by Crippen LogP contribution is -2.40. The molecule has 1 aliphatic heterocycles. The van der Waals surface area contributed by atoms with Crippen LogP contribution in [0, 0.1) is 0 Å². The molecule has 1 aromatic carbocycles. The van der Waals surface area contributed by atoms with E-state index in [2.05, 4.69) is 10.0 Å². The number of benzene rings is 1. The van der Waals surface area contributed by atoms with Crippen LogP contribution in [-0.4, -0.2) is 19.9 Å². The Labute approximate surface area is 113 Å². The molecule has 1 heterocycles. The molecule has 0 bridgehead atoms. The third kappa shape index (κ3) is 2.79. The van der Waals surface area contributed by atoms with Crippen molar-refractivity contribution in [3.63, 3.8) is 0 Å².